The maximum atomic E-state index is 12.5. The van der Waals surface area contributed by atoms with Gasteiger partial charge in [-0.25, -0.2) is 9.78 Å². The average molecular weight is 412 g/mol. The molecule has 13 nitrogen and oxygen atoms in total. The van der Waals surface area contributed by atoms with Crippen LogP contribution in [0.25, 0.3) is 0 Å². The smallest absolute Gasteiger partial charge is 0.326 e. The van der Waals surface area contributed by atoms with Crippen LogP contribution in [0.2, 0.25) is 0 Å². The van der Waals surface area contributed by atoms with Gasteiger partial charge < -0.3 is 36.9 Å². The predicted octanol–water partition coefficient (Wildman–Crippen LogP) is -2.67. The molecule has 0 aliphatic rings. The van der Waals surface area contributed by atoms with Crippen LogP contribution >= 0.6 is 0 Å². The van der Waals surface area contributed by atoms with E-state index in [4.69, 9.17) is 15.9 Å². The van der Waals surface area contributed by atoms with Crippen LogP contribution in [0.4, 0.5) is 0 Å². The van der Waals surface area contributed by atoms with Crippen molar-refractivity contribution in [1.82, 2.24) is 25.9 Å². The average Bonchev–Trinajstić information content (AvgIpc) is 3.12. The number of carboxylic acids is 2. The number of aliphatic carboxylic acids is 2. The Bertz CT molecular complexity index is 749. The number of aromatic amines is 1. The van der Waals surface area contributed by atoms with Crippen LogP contribution in [0.1, 0.15) is 26.0 Å². The van der Waals surface area contributed by atoms with E-state index in [-0.39, 0.29) is 6.42 Å². The Morgan fingerprint density at radius 1 is 1.03 bits per heavy atom. The van der Waals surface area contributed by atoms with Gasteiger partial charge in [-0.1, -0.05) is 0 Å². The lowest BCUT2D eigenvalue weighted by molar-refractivity contribution is -0.147. The lowest BCUT2D eigenvalue weighted by Gasteiger charge is -2.22. The molecule has 1 rings (SSSR count). The second-order valence-electron chi connectivity index (χ2n) is 6.36. The summed E-state index contributed by atoms with van der Waals surface area (Å²) in [6.07, 6.45) is 2.06. The Labute approximate surface area is 165 Å². The van der Waals surface area contributed by atoms with Crippen molar-refractivity contribution in [2.45, 2.75) is 50.9 Å². The number of nitrogens with one attached hydrogen (secondary N) is 4. The monoisotopic (exact) mass is 412 g/mol. The van der Waals surface area contributed by atoms with E-state index >= 15 is 0 Å². The molecule has 29 heavy (non-hydrogen) atoms. The molecule has 0 saturated heterocycles. The number of nitrogens with two attached hydrogens (primary N) is 1. The number of carboxylic acid groups (broad SMARTS) is 2. The van der Waals surface area contributed by atoms with Crippen molar-refractivity contribution in [2.24, 2.45) is 5.73 Å². The molecule has 0 fully saturated rings. The summed E-state index contributed by atoms with van der Waals surface area (Å²) >= 11 is 0. The van der Waals surface area contributed by atoms with Gasteiger partial charge in [-0.15, -0.1) is 0 Å². The quantitative estimate of drug-likeness (QED) is 0.201. The van der Waals surface area contributed by atoms with Crippen LogP contribution in [0.15, 0.2) is 12.5 Å². The zero-order chi connectivity index (χ0) is 22.1. The highest BCUT2D eigenvalue weighted by molar-refractivity contribution is 5.94. The molecule has 0 saturated carbocycles. The molecule has 8 N–H and O–H groups in total. The van der Waals surface area contributed by atoms with E-state index in [1.807, 2.05) is 5.32 Å². The molecular formula is C16H24N6O7. The van der Waals surface area contributed by atoms with Crippen LogP contribution in [-0.2, 0) is 30.4 Å². The van der Waals surface area contributed by atoms with Gasteiger partial charge in [0.25, 0.3) is 0 Å². The van der Waals surface area contributed by atoms with Gasteiger partial charge in [0.1, 0.15) is 18.1 Å². The summed E-state index contributed by atoms with van der Waals surface area (Å²) in [7, 11) is 0. The standard InChI is InChI=1S/C16H24N6O7/c1-7(17)13(25)21-10(3-9-5-18-6-19-9)15(27)20-8(2)14(26)22-11(16(28)29)4-12(23)24/h5-8,10-11H,3-4,17H2,1-2H3,(H,18,19)(H,20,27)(H,21,25)(H,22,26)(H,23,24)(H,28,29). The Morgan fingerprint density at radius 2 is 1.66 bits per heavy atom. The number of H-pyrrole nitrogens is 1. The first-order valence-corrected chi connectivity index (χ1v) is 8.59. The second kappa shape index (κ2) is 10.8. The lowest BCUT2D eigenvalue weighted by atomic mass is 10.1. The third-order valence-electron chi connectivity index (χ3n) is 3.77. The van der Waals surface area contributed by atoms with Crippen molar-refractivity contribution < 1.29 is 34.2 Å². The molecule has 4 unspecified atom stereocenters. The van der Waals surface area contributed by atoms with Gasteiger partial charge in [-0.2, -0.15) is 0 Å². The SMILES string of the molecule is CC(N)C(=O)NC(Cc1cnc[nH]1)C(=O)NC(C)C(=O)NC(CC(=O)O)C(=O)O. The molecule has 4 atom stereocenters. The van der Waals surface area contributed by atoms with Crippen molar-refractivity contribution >= 4 is 29.7 Å². The summed E-state index contributed by atoms with van der Waals surface area (Å²) in [5.41, 5.74) is 6.04. The van der Waals surface area contributed by atoms with Crippen molar-refractivity contribution in [1.29, 1.82) is 0 Å². The fourth-order valence-electron chi connectivity index (χ4n) is 2.18. The van der Waals surface area contributed by atoms with E-state index in [0.29, 0.717) is 5.69 Å². The first kappa shape index (κ1) is 23.6. The number of rotatable bonds is 11. The van der Waals surface area contributed by atoms with Crippen LogP contribution < -0.4 is 21.7 Å². The number of carbonyl (C=O) groups excluding carboxylic acids is 3. The van der Waals surface area contributed by atoms with E-state index < -0.39 is 60.2 Å². The molecule has 160 valence electrons. The van der Waals surface area contributed by atoms with Crippen molar-refractivity contribution in [3.63, 3.8) is 0 Å². The molecule has 0 spiro atoms. The first-order chi connectivity index (χ1) is 13.5. The number of carbonyl (C=O) groups is 5. The van der Waals surface area contributed by atoms with Crippen LogP contribution in [0.3, 0.4) is 0 Å². The number of aromatic nitrogens is 2. The van der Waals surface area contributed by atoms with Gasteiger partial charge in [0.2, 0.25) is 17.7 Å². The zero-order valence-corrected chi connectivity index (χ0v) is 15.8. The highest BCUT2D eigenvalue weighted by Crippen LogP contribution is 2.01. The van der Waals surface area contributed by atoms with E-state index in [1.54, 1.807) is 0 Å². The van der Waals surface area contributed by atoms with Crippen LogP contribution in [0, 0.1) is 0 Å². The molecule has 0 aliphatic carbocycles. The summed E-state index contributed by atoms with van der Waals surface area (Å²) in [6, 6.07) is -4.81. The lowest BCUT2D eigenvalue weighted by Crippen LogP contribution is -2.56. The number of amides is 3. The second-order valence-corrected chi connectivity index (χ2v) is 6.36. The molecule has 0 bridgehead atoms. The number of nitrogens with zero attached hydrogens (tertiary/aromatic N) is 1. The molecule has 0 aliphatic heterocycles. The Morgan fingerprint density at radius 3 is 2.14 bits per heavy atom. The van der Waals surface area contributed by atoms with Gasteiger partial charge in [-0.3, -0.25) is 19.2 Å². The first-order valence-electron chi connectivity index (χ1n) is 8.59. The maximum absolute atomic E-state index is 12.5. The van der Waals surface area contributed by atoms with Gasteiger partial charge in [-0.05, 0) is 13.8 Å². The van der Waals surface area contributed by atoms with Crippen molar-refractivity contribution in [3.05, 3.63) is 18.2 Å². The molecule has 3 amide bonds. The van der Waals surface area contributed by atoms with Crippen LogP contribution in [0.5, 0.6) is 0 Å². The molecular weight excluding hydrogens is 388 g/mol. The number of hydrogen-bond donors (Lipinski definition) is 7. The molecule has 1 aromatic heterocycles. The Balaban J connectivity index is 2.79. The maximum Gasteiger partial charge on any atom is 0.326 e. The van der Waals surface area contributed by atoms with Crippen molar-refractivity contribution in [2.75, 3.05) is 0 Å². The third-order valence-corrected chi connectivity index (χ3v) is 3.77. The molecule has 0 aromatic carbocycles. The summed E-state index contributed by atoms with van der Waals surface area (Å²) in [5.74, 6) is -5.14. The van der Waals surface area contributed by atoms with E-state index in [2.05, 4.69) is 20.6 Å². The highest BCUT2D eigenvalue weighted by atomic mass is 16.4. The molecule has 1 heterocycles. The summed E-state index contributed by atoms with van der Waals surface area (Å²) in [5, 5.41) is 24.5. The third kappa shape index (κ3) is 7.96. The topological polar surface area (TPSA) is 217 Å². The molecule has 1 aromatic rings. The highest BCUT2D eigenvalue weighted by Gasteiger charge is 2.29. The minimum atomic E-state index is -1.65. The van der Waals surface area contributed by atoms with Gasteiger partial charge in [0.05, 0.1) is 18.8 Å². The van der Waals surface area contributed by atoms with Crippen molar-refractivity contribution in [3.8, 4) is 0 Å². The van der Waals surface area contributed by atoms with E-state index in [9.17, 15) is 24.0 Å². The summed E-state index contributed by atoms with van der Waals surface area (Å²) in [4.78, 5) is 64.9. The fourth-order valence-corrected chi connectivity index (χ4v) is 2.18. The van der Waals surface area contributed by atoms with Gasteiger partial charge in [0, 0.05) is 18.3 Å². The van der Waals surface area contributed by atoms with Gasteiger partial charge in [0.15, 0.2) is 0 Å². The van der Waals surface area contributed by atoms with E-state index in [1.165, 1.54) is 26.4 Å². The number of hydrogen-bond acceptors (Lipinski definition) is 7. The zero-order valence-electron chi connectivity index (χ0n) is 15.8. The minimum absolute atomic E-state index is 0.0371. The summed E-state index contributed by atoms with van der Waals surface area (Å²) in [6.45, 7) is 2.72. The van der Waals surface area contributed by atoms with Crippen LogP contribution in [-0.4, -0.2) is 74.0 Å². The van der Waals surface area contributed by atoms with E-state index in [0.717, 1.165) is 0 Å². The normalized spacial score (nSPS) is 14.7. The van der Waals surface area contributed by atoms with Gasteiger partial charge >= 0.3 is 11.9 Å². The number of imidazole rings is 1. The largest absolute Gasteiger partial charge is 0.481 e. The molecule has 13 heteroatoms. The fraction of sp³-hybridized carbons (Fsp3) is 0.500. The predicted molar refractivity (Wildman–Crippen MR) is 97.3 cm³/mol. The Kier molecular flexibility index (Phi) is 8.73. The Hall–Kier alpha value is -3.48. The summed E-state index contributed by atoms with van der Waals surface area (Å²) < 4.78 is 0. The molecule has 0 radical (unpaired) electrons. The minimum Gasteiger partial charge on any atom is -0.481 e.